The maximum absolute atomic E-state index is 13.6. The molecular weight excluding hydrogens is 516 g/mol. The Bertz CT molecular complexity index is 1360. The monoisotopic (exact) mass is 558 g/mol. The largest absolute Gasteiger partial charge is 0.380 e. The van der Waals surface area contributed by atoms with Gasteiger partial charge in [-0.2, -0.15) is 0 Å². The fourth-order valence-corrected chi connectivity index (χ4v) is 5.31. The number of benzene rings is 2. The summed E-state index contributed by atoms with van der Waals surface area (Å²) in [5, 5.41) is 9.09. The molecule has 1 amide bonds. The highest BCUT2D eigenvalue weighted by molar-refractivity contribution is 6.01. The number of carbonyl (C=O) groups excluding carboxylic acids is 3. The van der Waals surface area contributed by atoms with E-state index >= 15 is 0 Å². The number of nitrogens with zero attached hydrogens (tertiary/aromatic N) is 4. The molecule has 0 atom stereocenters. The Kier molecular flexibility index (Phi) is 10.6. The highest BCUT2D eigenvalue weighted by Gasteiger charge is 2.29. The number of ketones is 2. The topological polar surface area (TPSA) is 94.4 Å². The second-order valence-electron chi connectivity index (χ2n) is 11.7. The molecule has 1 aliphatic heterocycles. The van der Waals surface area contributed by atoms with Crippen molar-refractivity contribution in [1.29, 1.82) is 0 Å². The van der Waals surface area contributed by atoms with Crippen molar-refractivity contribution in [2.45, 2.75) is 79.3 Å². The summed E-state index contributed by atoms with van der Waals surface area (Å²) in [7, 11) is 0. The lowest BCUT2D eigenvalue weighted by atomic mass is 9.95. The van der Waals surface area contributed by atoms with Gasteiger partial charge in [-0.05, 0) is 29.9 Å². The third kappa shape index (κ3) is 7.97. The Labute approximate surface area is 243 Å². The SMILES string of the molecule is CC(C)CC(=O)CCCOCCn1nnc2c1-c1ccccc1N(C(=O)CCC(=O)CC(C)C)Cc1ccccc1-2. The molecule has 2 aromatic carbocycles. The third-order valence-corrected chi connectivity index (χ3v) is 7.17. The van der Waals surface area contributed by atoms with E-state index in [4.69, 9.17) is 4.74 Å². The van der Waals surface area contributed by atoms with Crippen LogP contribution in [0.15, 0.2) is 48.5 Å². The first-order chi connectivity index (χ1) is 19.7. The van der Waals surface area contributed by atoms with Crippen molar-refractivity contribution in [1.82, 2.24) is 15.0 Å². The predicted octanol–water partition coefficient (Wildman–Crippen LogP) is 6.27. The number of aromatic nitrogens is 3. The molecule has 3 aromatic rings. The molecule has 41 heavy (non-hydrogen) atoms. The number of hydrogen-bond acceptors (Lipinski definition) is 6. The Morgan fingerprint density at radius 1 is 0.829 bits per heavy atom. The molecule has 0 saturated carbocycles. The molecule has 0 fully saturated rings. The molecule has 1 aliphatic rings. The molecule has 0 unspecified atom stereocenters. The zero-order valence-electron chi connectivity index (χ0n) is 24.8. The van der Waals surface area contributed by atoms with E-state index in [0.29, 0.717) is 57.9 Å². The molecule has 0 saturated heterocycles. The molecule has 0 N–H and O–H groups in total. The molecule has 0 radical (unpaired) electrons. The van der Waals surface area contributed by atoms with Gasteiger partial charge in [0.05, 0.1) is 31.1 Å². The van der Waals surface area contributed by atoms with E-state index in [-0.39, 0.29) is 36.2 Å². The second kappa shape index (κ2) is 14.3. The minimum absolute atomic E-state index is 0.0813. The lowest BCUT2D eigenvalue weighted by molar-refractivity contribution is -0.124. The first kappa shape index (κ1) is 30.3. The number of ether oxygens (including phenoxy) is 1. The van der Waals surface area contributed by atoms with Gasteiger partial charge in [-0.1, -0.05) is 75.4 Å². The Balaban J connectivity index is 1.56. The fourth-order valence-electron chi connectivity index (χ4n) is 5.31. The molecular formula is C33H42N4O4. The minimum Gasteiger partial charge on any atom is -0.380 e. The summed E-state index contributed by atoms with van der Waals surface area (Å²) in [6, 6.07) is 15.8. The van der Waals surface area contributed by atoms with Gasteiger partial charge in [0.2, 0.25) is 5.91 Å². The van der Waals surface area contributed by atoms with Crippen molar-refractivity contribution >= 4 is 23.2 Å². The van der Waals surface area contributed by atoms with Crippen molar-refractivity contribution < 1.29 is 19.1 Å². The number of amides is 1. The number of fused-ring (bicyclic) bond motifs is 5. The first-order valence-electron chi connectivity index (χ1n) is 14.8. The van der Waals surface area contributed by atoms with E-state index in [1.807, 2.05) is 67.1 Å². The third-order valence-electron chi connectivity index (χ3n) is 7.17. The van der Waals surface area contributed by atoms with Gasteiger partial charge in [0.25, 0.3) is 0 Å². The molecule has 218 valence electrons. The summed E-state index contributed by atoms with van der Waals surface area (Å²) in [6.07, 6.45) is 2.74. The Hall–Kier alpha value is -3.65. The highest BCUT2D eigenvalue weighted by atomic mass is 16.5. The number of carbonyl (C=O) groups is 3. The van der Waals surface area contributed by atoms with Crippen molar-refractivity contribution in [3.63, 3.8) is 0 Å². The summed E-state index contributed by atoms with van der Waals surface area (Å²) in [5.41, 5.74) is 5.14. The molecule has 0 bridgehead atoms. The summed E-state index contributed by atoms with van der Waals surface area (Å²) in [4.78, 5) is 39.8. The minimum atomic E-state index is -0.0813. The molecule has 1 aromatic heterocycles. The van der Waals surface area contributed by atoms with Crippen LogP contribution in [0.5, 0.6) is 0 Å². The van der Waals surface area contributed by atoms with Crippen LogP contribution in [0.25, 0.3) is 22.5 Å². The van der Waals surface area contributed by atoms with Gasteiger partial charge in [-0.3, -0.25) is 14.4 Å². The first-order valence-corrected chi connectivity index (χ1v) is 14.8. The zero-order valence-corrected chi connectivity index (χ0v) is 24.8. The quantitative estimate of drug-likeness (QED) is 0.217. The number of anilines is 1. The molecule has 8 heteroatoms. The molecule has 0 spiro atoms. The van der Waals surface area contributed by atoms with E-state index in [2.05, 4.69) is 24.2 Å². The van der Waals surface area contributed by atoms with E-state index in [0.717, 1.165) is 33.8 Å². The van der Waals surface area contributed by atoms with Crippen LogP contribution >= 0.6 is 0 Å². The van der Waals surface area contributed by atoms with Crippen LogP contribution < -0.4 is 4.90 Å². The fraction of sp³-hybridized carbons (Fsp3) is 0.485. The zero-order chi connectivity index (χ0) is 29.4. The van der Waals surface area contributed by atoms with Crippen molar-refractivity contribution in [2.75, 3.05) is 18.1 Å². The van der Waals surface area contributed by atoms with Crippen LogP contribution in [-0.4, -0.2) is 45.7 Å². The van der Waals surface area contributed by atoms with E-state index in [1.54, 1.807) is 4.90 Å². The maximum atomic E-state index is 13.6. The molecule has 4 rings (SSSR count). The van der Waals surface area contributed by atoms with Gasteiger partial charge < -0.3 is 9.64 Å². The smallest absolute Gasteiger partial charge is 0.227 e. The summed E-state index contributed by atoms with van der Waals surface area (Å²) in [6.45, 7) is 9.94. The van der Waals surface area contributed by atoms with Gasteiger partial charge in [0, 0.05) is 49.8 Å². The number of Topliss-reactive ketones (excluding diaryl/α,β-unsaturated/α-hetero) is 2. The van der Waals surface area contributed by atoms with Crippen molar-refractivity contribution in [3.8, 4) is 22.5 Å². The van der Waals surface area contributed by atoms with Gasteiger partial charge in [-0.15, -0.1) is 5.10 Å². The van der Waals surface area contributed by atoms with Crippen LogP contribution in [0.1, 0.15) is 71.8 Å². The Morgan fingerprint density at radius 3 is 2.22 bits per heavy atom. The molecule has 2 heterocycles. The second-order valence-corrected chi connectivity index (χ2v) is 11.7. The summed E-state index contributed by atoms with van der Waals surface area (Å²) < 4.78 is 7.71. The predicted molar refractivity (Wildman–Crippen MR) is 160 cm³/mol. The van der Waals surface area contributed by atoms with Crippen molar-refractivity contribution in [2.24, 2.45) is 11.8 Å². The van der Waals surface area contributed by atoms with Crippen LogP contribution in [0, 0.1) is 11.8 Å². The molecule has 0 aliphatic carbocycles. The average Bonchev–Trinajstić information content (AvgIpc) is 3.34. The van der Waals surface area contributed by atoms with E-state index in [1.165, 1.54) is 0 Å². The average molecular weight is 559 g/mol. The summed E-state index contributed by atoms with van der Waals surface area (Å²) >= 11 is 0. The van der Waals surface area contributed by atoms with Gasteiger partial charge in [0.1, 0.15) is 17.3 Å². The summed E-state index contributed by atoms with van der Waals surface area (Å²) in [5.74, 6) is 0.960. The lowest BCUT2D eigenvalue weighted by Crippen LogP contribution is -2.32. The number of rotatable bonds is 14. The van der Waals surface area contributed by atoms with Gasteiger partial charge in [0.15, 0.2) is 0 Å². The molecule has 8 nitrogen and oxygen atoms in total. The Morgan fingerprint density at radius 2 is 1.49 bits per heavy atom. The van der Waals surface area contributed by atoms with E-state index in [9.17, 15) is 14.4 Å². The maximum Gasteiger partial charge on any atom is 0.227 e. The van der Waals surface area contributed by atoms with Crippen LogP contribution in [0.4, 0.5) is 5.69 Å². The van der Waals surface area contributed by atoms with Crippen molar-refractivity contribution in [3.05, 3.63) is 54.1 Å². The van der Waals surface area contributed by atoms with Gasteiger partial charge in [-0.25, -0.2) is 4.68 Å². The van der Waals surface area contributed by atoms with Crippen LogP contribution in [-0.2, 0) is 32.2 Å². The van der Waals surface area contributed by atoms with E-state index < -0.39 is 0 Å². The normalized spacial score (nSPS) is 12.5. The van der Waals surface area contributed by atoms with Gasteiger partial charge >= 0.3 is 0 Å². The standard InChI is InChI=1S/C33H42N4O4/c1-23(2)20-26(38)11-9-18-41-19-17-37-33-29-13-7-8-14-30(29)36(31(40)16-15-27(39)21-24(3)4)22-25-10-5-6-12-28(25)32(33)34-35-37/h5-8,10,12-14,23-24H,9,11,15-22H2,1-4H3. The van der Waals surface area contributed by atoms with Crippen LogP contribution in [0.2, 0.25) is 0 Å². The number of para-hydroxylation sites is 1. The number of hydrogen-bond donors (Lipinski definition) is 0. The van der Waals surface area contributed by atoms with Crippen LogP contribution in [0.3, 0.4) is 0 Å². The highest BCUT2D eigenvalue weighted by Crippen LogP contribution is 2.41. The lowest BCUT2D eigenvalue weighted by Gasteiger charge is -2.28.